The highest BCUT2D eigenvalue weighted by atomic mass is 32.2. The van der Waals surface area contributed by atoms with E-state index >= 15 is 0 Å². The molecule has 0 spiro atoms. The topological polar surface area (TPSA) is 60.4 Å². The van der Waals surface area contributed by atoms with Gasteiger partial charge in [-0.1, -0.05) is 30.3 Å². The van der Waals surface area contributed by atoms with E-state index in [0.717, 1.165) is 11.8 Å². The molecule has 0 fully saturated rings. The fourth-order valence-electron chi connectivity index (χ4n) is 1.37. The van der Waals surface area contributed by atoms with Gasteiger partial charge in [-0.15, -0.1) is 0 Å². The van der Waals surface area contributed by atoms with Gasteiger partial charge in [0.2, 0.25) is 0 Å². The van der Waals surface area contributed by atoms with Crippen LogP contribution in [-0.2, 0) is 25.8 Å². The Morgan fingerprint density at radius 1 is 1.31 bits per heavy atom. The van der Waals surface area contributed by atoms with Crippen molar-refractivity contribution in [3.05, 3.63) is 35.9 Å². The second-order valence-corrected chi connectivity index (χ2v) is 5.76. The maximum Gasteiger partial charge on any atom is 0.324 e. The van der Waals surface area contributed by atoms with Crippen LogP contribution in [-0.4, -0.2) is 33.0 Å². The van der Waals surface area contributed by atoms with Crippen molar-refractivity contribution in [1.82, 2.24) is 0 Å². The van der Waals surface area contributed by atoms with Gasteiger partial charge in [-0.05, 0) is 12.0 Å². The lowest BCUT2D eigenvalue weighted by molar-refractivity contribution is -0.140. The Bertz CT molecular complexity index is 450. The molecule has 0 amide bonds. The molecule has 1 rings (SSSR count). The fraction of sp³-hybridized carbons (Fsp3) is 0.364. The Morgan fingerprint density at radius 2 is 1.88 bits per heavy atom. The molecular formula is C11H14O4S. The van der Waals surface area contributed by atoms with Crippen LogP contribution in [0.5, 0.6) is 0 Å². The Kier molecular flexibility index (Phi) is 4.06. The Labute approximate surface area is 95.2 Å². The minimum Gasteiger partial charge on any atom is -0.468 e. The van der Waals surface area contributed by atoms with Crippen LogP contribution < -0.4 is 0 Å². The van der Waals surface area contributed by atoms with Crippen LogP contribution in [0.15, 0.2) is 30.3 Å². The van der Waals surface area contributed by atoms with E-state index in [0.29, 0.717) is 0 Å². The minimum atomic E-state index is -3.45. The molecule has 0 aliphatic heterocycles. The zero-order valence-corrected chi connectivity index (χ0v) is 10.0. The molecule has 1 atom stereocenters. The molecule has 0 aromatic heterocycles. The molecule has 0 bridgehead atoms. The van der Waals surface area contributed by atoms with Gasteiger partial charge in [-0.25, -0.2) is 8.42 Å². The lowest BCUT2D eigenvalue weighted by Crippen LogP contribution is -2.32. The van der Waals surface area contributed by atoms with Crippen LogP contribution in [0.4, 0.5) is 0 Å². The molecule has 0 radical (unpaired) electrons. The number of carbonyl (C=O) groups excluding carboxylic acids is 1. The molecule has 16 heavy (non-hydrogen) atoms. The number of benzene rings is 1. The summed E-state index contributed by atoms with van der Waals surface area (Å²) >= 11 is 0. The first-order chi connectivity index (χ1) is 7.45. The SMILES string of the molecule is COC(=O)C(Cc1ccccc1)S(C)(=O)=O. The van der Waals surface area contributed by atoms with Gasteiger partial charge in [0.1, 0.15) is 0 Å². The van der Waals surface area contributed by atoms with Crippen molar-refractivity contribution < 1.29 is 17.9 Å². The van der Waals surface area contributed by atoms with E-state index in [1.807, 2.05) is 6.07 Å². The molecule has 0 aliphatic carbocycles. The smallest absolute Gasteiger partial charge is 0.324 e. The number of hydrogen-bond acceptors (Lipinski definition) is 4. The van der Waals surface area contributed by atoms with E-state index in [2.05, 4.69) is 4.74 Å². The monoisotopic (exact) mass is 242 g/mol. The van der Waals surface area contributed by atoms with Crippen molar-refractivity contribution in [2.75, 3.05) is 13.4 Å². The molecule has 1 unspecified atom stereocenters. The number of hydrogen-bond donors (Lipinski definition) is 0. The third kappa shape index (κ3) is 3.34. The molecule has 4 nitrogen and oxygen atoms in total. The standard InChI is InChI=1S/C11H14O4S/c1-15-11(12)10(16(2,13)14)8-9-6-4-3-5-7-9/h3-7,10H,8H2,1-2H3. The van der Waals surface area contributed by atoms with Crippen molar-refractivity contribution in [3.63, 3.8) is 0 Å². The number of methoxy groups -OCH3 is 1. The molecule has 1 aromatic rings. The van der Waals surface area contributed by atoms with E-state index in [1.165, 1.54) is 7.11 Å². The third-order valence-electron chi connectivity index (χ3n) is 2.24. The third-order valence-corrected chi connectivity index (χ3v) is 3.64. The number of sulfone groups is 1. The van der Waals surface area contributed by atoms with E-state index in [1.54, 1.807) is 24.3 Å². The van der Waals surface area contributed by atoms with Crippen molar-refractivity contribution >= 4 is 15.8 Å². The molecule has 0 heterocycles. The summed E-state index contributed by atoms with van der Waals surface area (Å²) in [7, 11) is -2.26. The van der Waals surface area contributed by atoms with E-state index in [9.17, 15) is 13.2 Å². The van der Waals surface area contributed by atoms with Gasteiger partial charge >= 0.3 is 5.97 Å². The zero-order valence-electron chi connectivity index (χ0n) is 9.21. The predicted molar refractivity (Wildman–Crippen MR) is 60.8 cm³/mol. The van der Waals surface area contributed by atoms with E-state index in [-0.39, 0.29) is 6.42 Å². The lowest BCUT2D eigenvalue weighted by Gasteiger charge is -2.12. The van der Waals surface area contributed by atoms with Gasteiger partial charge in [0.25, 0.3) is 0 Å². The van der Waals surface area contributed by atoms with Gasteiger partial charge in [0.15, 0.2) is 15.1 Å². The summed E-state index contributed by atoms with van der Waals surface area (Å²) < 4.78 is 27.4. The minimum absolute atomic E-state index is 0.145. The number of esters is 1. The van der Waals surface area contributed by atoms with Crippen molar-refractivity contribution in [2.24, 2.45) is 0 Å². The number of carbonyl (C=O) groups is 1. The van der Waals surface area contributed by atoms with E-state index < -0.39 is 21.1 Å². The highest BCUT2D eigenvalue weighted by Gasteiger charge is 2.29. The molecule has 0 N–H and O–H groups in total. The summed E-state index contributed by atoms with van der Waals surface area (Å²) in [6.07, 6.45) is 1.18. The molecule has 0 saturated carbocycles. The highest BCUT2D eigenvalue weighted by Crippen LogP contribution is 2.10. The Hall–Kier alpha value is -1.36. The average molecular weight is 242 g/mol. The second-order valence-electron chi connectivity index (χ2n) is 3.53. The summed E-state index contributed by atoms with van der Waals surface area (Å²) in [6.45, 7) is 0. The van der Waals surface area contributed by atoms with Crippen LogP contribution >= 0.6 is 0 Å². The normalized spacial score (nSPS) is 13.1. The quantitative estimate of drug-likeness (QED) is 0.733. The lowest BCUT2D eigenvalue weighted by atomic mass is 10.1. The molecule has 1 aromatic carbocycles. The van der Waals surface area contributed by atoms with Gasteiger partial charge in [0, 0.05) is 6.26 Å². The Morgan fingerprint density at radius 3 is 2.31 bits per heavy atom. The fourth-order valence-corrected chi connectivity index (χ4v) is 2.31. The van der Waals surface area contributed by atoms with Crippen LogP contribution in [0.3, 0.4) is 0 Å². The molecule has 0 saturated heterocycles. The van der Waals surface area contributed by atoms with E-state index in [4.69, 9.17) is 0 Å². The van der Waals surface area contributed by atoms with Crippen LogP contribution in [0.25, 0.3) is 0 Å². The van der Waals surface area contributed by atoms with Crippen molar-refractivity contribution in [1.29, 1.82) is 0 Å². The number of ether oxygens (including phenoxy) is 1. The summed E-state index contributed by atoms with van der Waals surface area (Å²) in [4.78, 5) is 11.4. The first kappa shape index (κ1) is 12.7. The van der Waals surface area contributed by atoms with Crippen LogP contribution in [0, 0.1) is 0 Å². The zero-order chi connectivity index (χ0) is 12.2. The number of rotatable bonds is 4. The van der Waals surface area contributed by atoms with Gasteiger partial charge < -0.3 is 4.74 Å². The summed E-state index contributed by atoms with van der Waals surface area (Å²) in [5, 5.41) is -1.13. The second kappa shape index (κ2) is 5.12. The molecule has 5 heteroatoms. The van der Waals surface area contributed by atoms with Crippen LogP contribution in [0.2, 0.25) is 0 Å². The van der Waals surface area contributed by atoms with Crippen LogP contribution in [0.1, 0.15) is 5.56 Å². The largest absolute Gasteiger partial charge is 0.468 e. The summed E-state index contributed by atoms with van der Waals surface area (Å²) in [5.41, 5.74) is 0.795. The maximum atomic E-state index is 11.4. The average Bonchev–Trinajstić information content (AvgIpc) is 2.25. The van der Waals surface area contributed by atoms with Crippen molar-refractivity contribution in [2.45, 2.75) is 11.7 Å². The summed E-state index contributed by atoms with van der Waals surface area (Å²) in [5.74, 6) is -0.716. The van der Waals surface area contributed by atoms with Gasteiger partial charge in [-0.3, -0.25) is 4.79 Å². The summed E-state index contributed by atoms with van der Waals surface area (Å²) in [6, 6.07) is 8.98. The highest BCUT2D eigenvalue weighted by molar-refractivity contribution is 7.92. The Balaban J connectivity index is 2.93. The van der Waals surface area contributed by atoms with Gasteiger partial charge in [-0.2, -0.15) is 0 Å². The van der Waals surface area contributed by atoms with Crippen molar-refractivity contribution in [3.8, 4) is 0 Å². The maximum absolute atomic E-state index is 11.4. The first-order valence-electron chi connectivity index (χ1n) is 4.75. The molecule has 88 valence electrons. The first-order valence-corrected chi connectivity index (χ1v) is 6.71. The van der Waals surface area contributed by atoms with Gasteiger partial charge in [0.05, 0.1) is 7.11 Å². The molecule has 0 aliphatic rings. The predicted octanol–water partition coefficient (Wildman–Crippen LogP) is 0.815. The molecular weight excluding hydrogens is 228 g/mol.